The molecule has 1 saturated carbocycles. The van der Waals surface area contributed by atoms with E-state index in [0.29, 0.717) is 23.6 Å². The predicted octanol–water partition coefficient (Wildman–Crippen LogP) is 1.30. The summed E-state index contributed by atoms with van der Waals surface area (Å²) in [6.07, 6.45) is 4.63. The van der Waals surface area contributed by atoms with E-state index < -0.39 is 22.0 Å². The summed E-state index contributed by atoms with van der Waals surface area (Å²) in [6.45, 7) is 1.59. The van der Waals surface area contributed by atoms with Crippen LogP contribution < -0.4 is 10.5 Å². The molecule has 4 N–H and O–H groups in total. The number of carboxylic acid groups (broad SMARTS) is 1. The molecule has 1 aliphatic carbocycles. The van der Waals surface area contributed by atoms with Gasteiger partial charge in [0, 0.05) is 11.7 Å². The molecule has 2 fully saturated rings. The molecule has 8 nitrogen and oxygen atoms in total. The van der Waals surface area contributed by atoms with Crippen molar-refractivity contribution in [2.24, 2.45) is 11.1 Å². The quantitative estimate of drug-likeness (QED) is 0.689. The number of carbonyl (C=O) groups excluding carboxylic acids is 1. The lowest BCUT2D eigenvalue weighted by atomic mass is 9.85. The molecular formula is C18H25N3O5S. The van der Waals surface area contributed by atoms with Crippen LogP contribution in [-0.2, 0) is 19.6 Å². The number of nitrogens with two attached hydrogens (primary N) is 1. The number of hydrogen-bond acceptors (Lipinski definition) is 5. The van der Waals surface area contributed by atoms with E-state index in [0.717, 1.165) is 25.7 Å². The van der Waals surface area contributed by atoms with Crippen LogP contribution in [0.2, 0.25) is 0 Å². The Hall–Kier alpha value is -1.97. The monoisotopic (exact) mass is 395 g/mol. The number of amides is 1. The van der Waals surface area contributed by atoms with E-state index in [1.807, 2.05) is 0 Å². The Kier molecular flexibility index (Phi) is 5.55. The highest BCUT2D eigenvalue weighted by Gasteiger charge is 2.45. The fourth-order valence-electron chi connectivity index (χ4n) is 4.37. The lowest BCUT2D eigenvalue weighted by Gasteiger charge is -2.32. The van der Waals surface area contributed by atoms with Crippen molar-refractivity contribution >= 4 is 27.6 Å². The number of carboxylic acids is 1. The van der Waals surface area contributed by atoms with Crippen LogP contribution in [0.15, 0.2) is 23.1 Å². The second-order valence-electron chi connectivity index (χ2n) is 7.45. The van der Waals surface area contributed by atoms with E-state index in [1.165, 1.54) is 6.07 Å². The minimum absolute atomic E-state index is 0.0310. The molecule has 0 radical (unpaired) electrons. The maximum Gasteiger partial charge on any atom is 0.320 e. The first-order chi connectivity index (χ1) is 12.7. The maximum atomic E-state index is 12.5. The number of benzene rings is 1. The van der Waals surface area contributed by atoms with Crippen molar-refractivity contribution in [3.63, 3.8) is 0 Å². The molecule has 9 heteroatoms. The molecule has 1 aromatic rings. The summed E-state index contributed by atoms with van der Waals surface area (Å²) in [4.78, 5) is 25.9. The number of hydrogen-bond donors (Lipinski definition) is 3. The summed E-state index contributed by atoms with van der Waals surface area (Å²) in [5.74, 6) is -0.943. The lowest BCUT2D eigenvalue weighted by Crippen LogP contribution is -2.46. The van der Waals surface area contributed by atoms with E-state index in [1.54, 1.807) is 24.0 Å². The van der Waals surface area contributed by atoms with Gasteiger partial charge in [-0.3, -0.25) is 14.5 Å². The molecule has 3 atom stereocenters. The van der Waals surface area contributed by atoms with Gasteiger partial charge >= 0.3 is 5.97 Å². The Morgan fingerprint density at radius 2 is 2.00 bits per heavy atom. The van der Waals surface area contributed by atoms with E-state index in [4.69, 9.17) is 5.14 Å². The number of anilines is 1. The Balaban J connectivity index is 1.74. The number of carbonyl (C=O) groups is 2. The molecule has 2 aliphatic rings. The van der Waals surface area contributed by atoms with Gasteiger partial charge in [0.2, 0.25) is 15.9 Å². The number of fused-ring (bicyclic) bond motifs is 1. The highest BCUT2D eigenvalue weighted by molar-refractivity contribution is 7.89. The zero-order chi connectivity index (χ0) is 19.8. The minimum Gasteiger partial charge on any atom is -0.480 e. The van der Waals surface area contributed by atoms with Crippen molar-refractivity contribution in [3.05, 3.63) is 23.8 Å². The van der Waals surface area contributed by atoms with Crippen LogP contribution in [0, 0.1) is 12.8 Å². The standard InChI is InChI=1S/C18H25N3O5S/c1-11-6-7-13(9-16(11)27(19,25)26)20-17(22)10-21-14-5-3-2-4-12(14)8-15(21)18(23)24/h6-7,9,12,14-15H,2-5,8,10H2,1H3,(H,20,22)(H,23,24)(H2,19,25,26). The topological polar surface area (TPSA) is 130 Å². The van der Waals surface area contributed by atoms with Gasteiger partial charge in [0.1, 0.15) is 6.04 Å². The number of likely N-dealkylation sites (tertiary alicyclic amines) is 1. The third-order valence-electron chi connectivity index (χ3n) is 5.61. The smallest absolute Gasteiger partial charge is 0.320 e. The highest BCUT2D eigenvalue weighted by Crippen LogP contribution is 2.39. The van der Waals surface area contributed by atoms with Crippen LogP contribution in [0.5, 0.6) is 0 Å². The normalized spacial score (nSPS) is 25.8. The third kappa shape index (κ3) is 4.31. The largest absolute Gasteiger partial charge is 0.480 e. The number of aryl methyl sites for hydroxylation is 1. The van der Waals surface area contributed by atoms with Gasteiger partial charge < -0.3 is 10.4 Å². The predicted molar refractivity (Wildman–Crippen MR) is 99.7 cm³/mol. The molecule has 1 aromatic carbocycles. The van der Waals surface area contributed by atoms with Crippen molar-refractivity contribution < 1.29 is 23.1 Å². The first-order valence-corrected chi connectivity index (χ1v) is 10.6. The van der Waals surface area contributed by atoms with Gasteiger partial charge in [-0.05, 0) is 49.8 Å². The van der Waals surface area contributed by atoms with Crippen molar-refractivity contribution in [2.75, 3.05) is 11.9 Å². The van der Waals surface area contributed by atoms with Gasteiger partial charge in [0.25, 0.3) is 0 Å². The van der Waals surface area contributed by atoms with Crippen molar-refractivity contribution in [3.8, 4) is 0 Å². The van der Waals surface area contributed by atoms with Crippen LogP contribution in [0.25, 0.3) is 0 Å². The fraction of sp³-hybridized carbons (Fsp3) is 0.556. The van der Waals surface area contributed by atoms with E-state index in [9.17, 15) is 23.1 Å². The average Bonchev–Trinajstić information content (AvgIpc) is 2.94. The fourth-order valence-corrected chi connectivity index (χ4v) is 5.18. The molecule has 3 unspecified atom stereocenters. The van der Waals surface area contributed by atoms with Crippen LogP contribution in [0.1, 0.15) is 37.7 Å². The average molecular weight is 395 g/mol. The number of aliphatic carboxylic acids is 1. The summed E-state index contributed by atoms with van der Waals surface area (Å²) in [7, 11) is -3.89. The second kappa shape index (κ2) is 7.57. The third-order valence-corrected chi connectivity index (χ3v) is 6.66. The van der Waals surface area contributed by atoms with Gasteiger partial charge in [0.15, 0.2) is 0 Å². The molecule has 1 saturated heterocycles. The van der Waals surface area contributed by atoms with Crippen molar-refractivity contribution in [1.82, 2.24) is 4.90 Å². The molecule has 0 aromatic heterocycles. The zero-order valence-corrected chi connectivity index (χ0v) is 16.0. The molecule has 1 aliphatic heterocycles. The number of nitrogens with zero attached hydrogens (tertiary/aromatic N) is 1. The molecule has 0 spiro atoms. The van der Waals surface area contributed by atoms with Crippen LogP contribution >= 0.6 is 0 Å². The summed E-state index contributed by atoms with van der Waals surface area (Å²) >= 11 is 0. The molecule has 3 rings (SSSR count). The lowest BCUT2D eigenvalue weighted by molar-refractivity contribution is -0.143. The SMILES string of the molecule is Cc1ccc(NC(=O)CN2C(C(=O)O)CC3CCCCC32)cc1S(N)(=O)=O. The Morgan fingerprint density at radius 3 is 2.67 bits per heavy atom. The molecule has 0 bridgehead atoms. The summed E-state index contributed by atoms with van der Waals surface area (Å²) in [5, 5.41) is 17.4. The molecule has 1 heterocycles. The minimum atomic E-state index is -3.89. The van der Waals surface area contributed by atoms with Gasteiger partial charge in [-0.1, -0.05) is 18.9 Å². The van der Waals surface area contributed by atoms with Gasteiger partial charge in [-0.2, -0.15) is 0 Å². The summed E-state index contributed by atoms with van der Waals surface area (Å²) in [6, 6.07) is 3.96. The Bertz CT molecular complexity index is 855. The van der Waals surface area contributed by atoms with Crippen molar-refractivity contribution in [2.45, 2.75) is 56.0 Å². The van der Waals surface area contributed by atoms with Gasteiger partial charge in [-0.25, -0.2) is 13.6 Å². The summed E-state index contributed by atoms with van der Waals surface area (Å²) < 4.78 is 23.3. The Labute approximate surface area is 158 Å². The zero-order valence-electron chi connectivity index (χ0n) is 15.2. The first kappa shape index (κ1) is 19.8. The highest BCUT2D eigenvalue weighted by atomic mass is 32.2. The second-order valence-corrected chi connectivity index (χ2v) is 8.98. The van der Waals surface area contributed by atoms with Crippen LogP contribution in [0.3, 0.4) is 0 Å². The molecule has 27 heavy (non-hydrogen) atoms. The number of nitrogens with one attached hydrogen (secondary N) is 1. The number of primary sulfonamides is 1. The maximum absolute atomic E-state index is 12.5. The van der Waals surface area contributed by atoms with Crippen LogP contribution in [0.4, 0.5) is 5.69 Å². The van der Waals surface area contributed by atoms with Gasteiger partial charge in [0.05, 0.1) is 11.4 Å². The Morgan fingerprint density at radius 1 is 1.30 bits per heavy atom. The number of sulfonamides is 1. The van der Waals surface area contributed by atoms with E-state index in [-0.39, 0.29) is 23.4 Å². The molecular weight excluding hydrogens is 370 g/mol. The molecule has 1 amide bonds. The van der Waals surface area contributed by atoms with E-state index in [2.05, 4.69) is 5.32 Å². The first-order valence-electron chi connectivity index (χ1n) is 9.08. The van der Waals surface area contributed by atoms with E-state index >= 15 is 0 Å². The van der Waals surface area contributed by atoms with Crippen molar-refractivity contribution in [1.29, 1.82) is 0 Å². The molecule has 148 valence electrons. The number of rotatable bonds is 5. The van der Waals surface area contributed by atoms with Gasteiger partial charge in [-0.15, -0.1) is 0 Å². The summed E-state index contributed by atoms with van der Waals surface area (Å²) in [5.41, 5.74) is 0.812. The van der Waals surface area contributed by atoms with Crippen LogP contribution in [-0.4, -0.2) is 48.9 Å².